The Balaban J connectivity index is 0.00000841. The van der Waals surface area contributed by atoms with Crippen molar-refractivity contribution < 1.29 is 14.3 Å². The number of carbonyl (C=O) groups is 1. The molecule has 0 saturated heterocycles. The van der Waals surface area contributed by atoms with E-state index in [2.05, 4.69) is 22.5 Å². The molecule has 0 bridgehead atoms. The normalized spacial score (nSPS) is 11.0. The number of hydrogen-bond donors (Lipinski definition) is 2. The van der Waals surface area contributed by atoms with Crippen LogP contribution in [0.1, 0.15) is 42.6 Å². The van der Waals surface area contributed by atoms with Crippen LogP contribution in [-0.2, 0) is 15.9 Å². The van der Waals surface area contributed by atoms with Gasteiger partial charge in [-0.15, -0.1) is 24.0 Å². The average molecular weight is 534 g/mol. The van der Waals surface area contributed by atoms with E-state index in [-0.39, 0.29) is 29.9 Å². The van der Waals surface area contributed by atoms with E-state index in [0.29, 0.717) is 31.9 Å². The molecule has 30 heavy (non-hydrogen) atoms. The Hall–Kier alpha value is -1.39. The number of guanidine groups is 1. The number of amides is 1. The molecule has 0 radical (unpaired) electrons. The lowest BCUT2D eigenvalue weighted by Crippen LogP contribution is -2.38. The highest BCUT2D eigenvalue weighted by atomic mass is 127. The number of hydrogen-bond acceptors (Lipinski definition) is 4. The summed E-state index contributed by atoms with van der Waals surface area (Å²) in [6.07, 6.45) is 3.05. The van der Waals surface area contributed by atoms with Crippen LogP contribution in [0.5, 0.6) is 0 Å². The lowest BCUT2D eigenvalue weighted by atomic mass is 10.1. The molecule has 0 unspecified atom stereocenters. The fourth-order valence-corrected chi connectivity index (χ4v) is 2.58. The number of carbonyl (C=O) groups excluding carboxylic acids is 1. The minimum absolute atomic E-state index is 0. The number of aliphatic imine (C=N–C) groups is 1. The van der Waals surface area contributed by atoms with Gasteiger partial charge in [0.1, 0.15) is 0 Å². The van der Waals surface area contributed by atoms with Crippen LogP contribution < -0.4 is 10.6 Å². The molecule has 0 spiro atoms. The van der Waals surface area contributed by atoms with Gasteiger partial charge in [-0.05, 0) is 37.5 Å². The van der Waals surface area contributed by atoms with Gasteiger partial charge < -0.3 is 25.0 Å². The van der Waals surface area contributed by atoms with Crippen molar-refractivity contribution in [3.8, 4) is 0 Å². The Labute approximate surface area is 199 Å². The third-order valence-corrected chi connectivity index (χ3v) is 4.15. The molecule has 8 heteroatoms. The summed E-state index contributed by atoms with van der Waals surface area (Å²) in [5.41, 5.74) is 1.83. The summed E-state index contributed by atoms with van der Waals surface area (Å²) in [6, 6.07) is 7.76. The highest BCUT2D eigenvalue weighted by molar-refractivity contribution is 14.0. The smallest absolute Gasteiger partial charge is 0.253 e. The first-order valence-corrected chi connectivity index (χ1v) is 10.6. The Bertz CT molecular complexity index is 612. The maximum Gasteiger partial charge on any atom is 0.253 e. The van der Waals surface area contributed by atoms with Crippen molar-refractivity contribution in [3.05, 3.63) is 35.4 Å². The lowest BCUT2D eigenvalue weighted by molar-refractivity contribution is 0.0497. The van der Waals surface area contributed by atoms with Gasteiger partial charge in [0.15, 0.2) is 5.96 Å². The van der Waals surface area contributed by atoms with Crippen LogP contribution in [0.25, 0.3) is 0 Å². The van der Waals surface area contributed by atoms with E-state index in [1.807, 2.05) is 31.2 Å². The second-order valence-corrected chi connectivity index (χ2v) is 6.92. The lowest BCUT2D eigenvalue weighted by Gasteiger charge is -2.13. The molecule has 0 heterocycles. The second-order valence-electron chi connectivity index (χ2n) is 6.92. The van der Waals surface area contributed by atoms with Crippen molar-refractivity contribution in [1.82, 2.24) is 15.5 Å². The summed E-state index contributed by atoms with van der Waals surface area (Å²) in [4.78, 5) is 18.2. The molecule has 2 N–H and O–H groups in total. The third-order valence-electron chi connectivity index (χ3n) is 4.15. The second kappa shape index (κ2) is 18.4. The number of benzene rings is 1. The van der Waals surface area contributed by atoms with Gasteiger partial charge in [-0.1, -0.05) is 25.5 Å². The number of halogens is 1. The molecule has 0 saturated carbocycles. The fraction of sp³-hybridized carbons (Fsp3) is 0.636. The largest absolute Gasteiger partial charge is 0.379 e. The van der Waals surface area contributed by atoms with Crippen molar-refractivity contribution >= 4 is 35.8 Å². The van der Waals surface area contributed by atoms with Crippen molar-refractivity contribution in [3.63, 3.8) is 0 Å². The maximum atomic E-state index is 12.1. The highest BCUT2D eigenvalue weighted by Gasteiger charge is 2.08. The third kappa shape index (κ3) is 13.0. The standard InChI is InChI=1S/C22H38N4O3.HI/c1-5-7-14-28-16-17-29-15-13-25-22(23-6-2)24-12-11-19-9-8-10-20(18-19)21(27)26(3)4;/h8-10,18H,5-7,11-17H2,1-4H3,(H2,23,24,25);1H. The van der Waals surface area contributed by atoms with Crippen LogP contribution in [0.3, 0.4) is 0 Å². The molecule has 0 aliphatic rings. The number of rotatable bonds is 14. The fourth-order valence-electron chi connectivity index (χ4n) is 2.58. The molecule has 0 aliphatic heterocycles. The van der Waals surface area contributed by atoms with E-state index in [1.165, 1.54) is 0 Å². The quantitative estimate of drug-likeness (QED) is 0.166. The summed E-state index contributed by atoms with van der Waals surface area (Å²) in [5, 5.41) is 6.57. The molecule has 172 valence electrons. The van der Waals surface area contributed by atoms with Crippen molar-refractivity contribution in [2.75, 3.05) is 60.2 Å². The first-order valence-electron chi connectivity index (χ1n) is 10.6. The monoisotopic (exact) mass is 534 g/mol. The first kappa shape index (κ1) is 28.6. The van der Waals surface area contributed by atoms with Crippen molar-refractivity contribution in [1.29, 1.82) is 0 Å². The number of ether oxygens (including phenoxy) is 2. The van der Waals surface area contributed by atoms with Gasteiger partial charge in [-0.25, -0.2) is 0 Å². The summed E-state index contributed by atoms with van der Waals surface area (Å²) >= 11 is 0. The maximum absolute atomic E-state index is 12.1. The molecule has 1 aromatic carbocycles. The predicted molar refractivity (Wildman–Crippen MR) is 134 cm³/mol. The van der Waals surface area contributed by atoms with E-state index in [1.54, 1.807) is 19.0 Å². The van der Waals surface area contributed by atoms with Gasteiger partial charge in [-0.2, -0.15) is 0 Å². The van der Waals surface area contributed by atoms with Crippen LogP contribution >= 0.6 is 24.0 Å². The van der Waals surface area contributed by atoms with Crippen molar-refractivity contribution in [2.24, 2.45) is 4.99 Å². The molecule has 0 atom stereocenters. The molecule has 0 fully saturated rings. The number of nitrogens with zero attached hydrogens (tertiary/aromatic N) is 2. The number of nitrogens with one attached hydrogen (secondary N) is 2. The summed E-state index contributed by atoms with van der Waals surface area (Å²) in [5.74, 6) is 0.793. The SMILES string of the molecule is CCCCOCCOCCN=C(NCC)NCCc1cccc(C(=O)N(C)C)c1.I. The average Bonchev–Trinajstić information content (AvgIpc) is 2.72. The van der Waals surface area contributed by atoms with E-state index in [0.717, 1.165) is 50.5 Å². The first-order chi connectivity index (χ1) is 14.1. The molecule has 0 aliphatic carbocycles. The molecular formula is C22H39IN4O3. The Kier molecular flexibility index (Phi) is 17.5. The van der Waals surface area contributed by atoms with Crippen LogP contribution in [0, 0.1) is 0 Å². The molecule has 1 rings (SSSR count). The molecular weight excluding hydrogens is 495 g/mol. The molecule has 0 aromatic heterocycles. The van der Waals surface area contributed by atoms with E-state index in [4.69, 9.17) is 9.47 Å². The Morgan fingerprint density at radius 3 is 2.47 bits per heavy atom. The van der Waals surface area contributed by atoms with Gasteiger partial charge in [0.05, 0.1) is 26.4 Å². The van der Waals surface area contributed by atoms with Crippen LogP contribution in [0.15, 0.2) is 29.3 Å². The van der Waals surface area contributed by atoms with Gasteiger partial charge in [0.25, 0.3) is 5.91 Å². The van der Waals surface area contributed by atoms with Crippen LogP contribution in [0.4, 0.5) is 0 Å². The molecule has 1 amide bonds. The van der Waals surface area contributed by atoms with Gasteiger partial charge in [0.2, 0.25) is 0 Å². The van der Waals surface area contributed by atoms with Gasteiger partial charge >= 0.3 is 0 Å². The Morgan fingerprint density at radius 2 is 1.80 bits per heavy atom. The van der Waals surface area contributed by atoms with Crippen LogP contribution in [-0.4, -0.2) is 76.9 Å². The Morgan fingerprint density at radius 1 is 1.07 bits per heavy atom. The van der Waals surface area contributed by atoms with E-state index in [9.17, 15) is 4.79 Å². The van der Waals surface area contributed by atoms with E-state index >= 15 is 0 Å². The topological polar surface area (TPSA) is 75.2 Å². The summed E-state index contributed by atoms with van der Waals surface area (Å²) in [7, 11) is 3.53. The molecule has 7 nitrogen and oxygen atoms in total. The molecule has 1 aromatic rings. The summed E-state index contributed by atoms with van der Waals surface area (Å²) in [6.45, 7) is 8.93. The minimum Gasteiger partial charge on any atom is -0.379 e. The predicted octanol–water partition coefficient (Wildman–Crippen LogP) is 2.94. The van der Waals surface area contributed by atoms with Gasteiger partial charge in [0, 0.05) is 39.4 Å². The summed E-state index contributed by atoms with van der Waals surface area (Å²) < 4.78 is 11.0. The number of unbranched alkanes of at least 4 members (excludes halogenated alkanes) is 1. The zero-order valence-electron chi connectivity index (χ0n) is 18.9. The zero-order valence-corrected chi connectivity index (χ0v) is 21.2. The minimum atomic E-state index is 0. The van der Waals surface area contributed by atoms with Gasteiger partial charge in [-0.3, -0.25) is 9.79 Å². The highest BCUT2D eigenvalue weighted by Crippen LogP contribution is 2.07. The van der Waals surface area contributed by atoms with E-state index < -0.39 is 0 Å². The van der Waals surface area contributed by atoms with Crippen LogP contribution in [0.2, 0.25) is 0 Å². The van der Waals surface area contributed by atoms with Crippen molar-refractivity contribution in [2.45, 2.75) is 33.1 Å². The zero-order chi connectivity index (χ0) is 21.3.